The predicted octanol–water partition coefficient (Wildman–Crippen LogP) is -0.626. The molecule has 7 nitrogen and oxygen atoms in total. The first-order chi connectivity index (χ1) is 8.40. The second kappa shape index (κ2) is 6.14. The van der Waals surface area contributed by atoms with Crippen molar-refractivity contribution in [3.63, 3.8) is 0 Å². The van der Waals surface area contributed by atoms with E-state index in [4.69, 9.17) is 0 Å². The minimum Gasteiger partial charge on any atom is -0.469 e. The van der Waals surface area contributed by atoms with Crippen molar-refractivity contribution in [3.8, 4) is 0 Å². The third-order valence-corrected chi connectivity index (χ3v) is 4.56. The molecule has 0 aliphatic carbocycles. The summed E-state index contributed by atoms with van der Waals surface area (Å²) in [5, 5.41) is 0. The van der Waals surface area contributed by atoms with Crippen LogP contribution in [0.4, 0.5) is 0 Å². The number of piperidine rings is 1. The van der Waals surface area contributed by atoms with Crippen molar-refractivity contribution in [2.75, 3.05) is 33.1 Å². The normalized spacial score (nSPS) is 21.3. The Morgan fingerprint density at radius 2 is 1.94 bits per heavy atom. The Kier molecular flexibility index (Phi) is 5.09. The van der Waals surface area contributed by atoms with Crippen LogP contribution in [0.5, 0.6) is 0 Å². The van der Waals surface area contributed by atoms with Crippen molar-refractivity contribution in [2.45, 2.75) is 12.8 Å². The van der Waals surface area contributed by atoms with Crippen LogP contribution >= 0.6 is 0 Å². The Morgan fingerprint density at radius 3 is 2.50 bits per heavy atom. The minimum absolute atomic E-state index is 0.0615. The molecule has 1 saturated heterocycles. The van der Waals surface area contributed by atoms with Gasteiger partial charge in [0.1, 0.15) is 0 Å². The molecular weight excluding hydrogens is 262 g/mol. The standard InChI is InChI=1S/C10H17NO6S/c1-16-9(12)7-18(14,15)11-5-3-4-8(6-11)10(13)17-2/h8H,3-7H2,1-2H3. The second-order valence-electron chi connectivity index (χ2n) is 4.05. The van der Waals surface area contributed by atoms with Crippen molar-refractivity contribution in [3.05, 3.63) is 0 Å². The molecule has 104 valence electrons. The van der Waals surface area contributed by atoms with Crippen molar-refractivity contribution >= 4 is 22.0 Å². The number of esters is 2. The van der Waals surface area contributed by atoms with Gasteiger partial charge in [-0.1, -0.05) is 0 Å². The number of carbonyl (C=O) groups excluding carboxylic acids is 2. The van der Waals surface area contributed by atoms with E-state index >= 15 is 0 Å². The van der Waals surface area contributed by atoms with Gasteiger partial charge in [0.15, 0.2) is 5.75 Å². The lowest BCUT2D eigenvalue weighted by molar-refractivity contribution is -0.146. The van der Waals surface area contributed by atoms with E-state index in [0.717, 1.165) is 11.4 Å². The molecule has 0 aromatic rings. The van der Waals surface area contributed by atoms with Crippen LogP contribution in [0.25, 0.3) is 0 Å². The Balaban J connectivity index is 2.71. The van der Waals surface area contributed by atoms with Crippen molar-refractivity contribution in [2.24, 2.45) is 5.92 Å². The molecule has 0 aromatic carbocycles. The zero-order chi connectivity index (χ0) is 13.8. The van der Waals surface area contributed by atoms with Gasteiger partial charge in [0, 0.05) is 13.1 Å². The van der Waals surface area contributed by atoms with Gasteiger partial charge in [0.2, 0.25) is 10.0 Å². The maximum atomic E-state index is 11.9. The van der Waals surface area contributed by atoms with E-state index in [0.29, 0.717) is 19.4 Å². The minimum atomic E-state index is -3.72. The highest BCUT2D eigenvalue weighted by atomic mass is 32.2. The van der Waals surface area contributed by atoms with E-state index in [2.05, 4.69) is 9.47 Å². The smallest absolute Gasteiger partial charge is 0.322 e. The van der Waals surface area contributed by atoms with E-state index in [-0.39, 0.29) is 6.54 Å². The van der Waals surface area contributed by atoms with Crippen LogP contribution in [0, 0.1) is 5.92 Å². The molecule has 1 fully saturated rings. The highest BCUT2D eigenvalue weighted by Gasteiger charge is 2.34. The summed E-state index contributed by atoms with van der Waals surface area (Å²) in [6.45, 7) is 0.374. The fourth-order valence-electron chi connectivity index (χ4n) is 1.85. The second-order valence-corrected chi connectivity index (χ2v) is 6.02. The summed E-state index contributed by atoms with van der Waals surface area (Å²) in [6.07, 6.45) is 1.16. The number of methoxy groups -OCH3 is 2. The molecule has 1 heterocycles. The van der Waals surface area contributed by atoms with Gasteiger partial charge in [-0.15, -0.1) is 0 Å². The maximum Gasteiger partial charge on any atom is 0.322 e. The van der Waals surface area contributed by atoms with Crippen molar-refractivity contribution < 1.29 is 27.5 Å². The number of hydrogen-bond donors (Lipinski definition) is 0. The number of ether oxygens (including phenoxy) is 2. The molecule has 0 radical (unpaired) electrons. The summed E-state index contributed by atoms with van der Waals surface area (Å²) in [4.78, 5) is 22.4. The molecule has 0 amide bonds. The maximum absolute atomic E-state index is 11.9. The molecule has 1 unspecified atom stereocenters. The van der Waals surface area contributed by atoms with Crippen LogP contribution in [-0.4, -0.2) is 57.7 Å². The number of nitrogens with zero attached hydrogens (tertiary/aromatic N) is 1. The van der Waals surface area contributed by atoms with E-state index in [1.54, 1.807) is 0 Å². The summed E-state index contributed by atoms with van der Waals surface area (Å²) in [6, 6.07) is 0. The van der Waals surface area contributed by atoms with Gasteiger partial charge in [-0.3, -0.25) is 9.59 Å². The van der Waals surface area contributed by atoms with E-state index in [1.807, 2.05) is 0 Å². The fourth-order valence-corrected chi connectivity index (χ4v) is 3.27. The largest absolute Gasteiger partial charge is 0.469 e. The molecule has 1 aliphatic rings. The summed E-state index contributed by atoms with van der Waals surface area (Å²) >= 11 is 0. The molecule has 0 N–H and O–H groups in total. The van der Waals surface area contributed by atoms with Gasteiger partial charge in [-0.2, -0.15) is 0 Å². The molecule has 0 spiro atoms. The first-order valence-corrected chi connectivity index (χ1v) is 7.14. The zero-order valence-corrected chi connectivity index (χ0v) is 11.2. The number of rotatable bonds is 4. The van der Waals surface area contributed by atoms with Crippen molar-refractivity contribution in [1.29, 1.82) is 0 Å². The molecule has 1 atom stereocenters. The zero-order valence-electron chi connectivity index (χ0n) is 10.4. The number of hydrogen-bond acceptors (Lipinski definition) is 6. The molecule has 0 aromatic heterocycles. The van der Waals surface area contributed by atoms with Gasteiger partial charge < -0.3 is 9.47 Å². The number of sulfonamides is 1. The summed E-state index contributed by atoms with van der Waals surface area (Å²) < 4.78 is 33.9. The molecular formula is C10H17NO6S. The lowest BCUT2D eigenvalue weighted by atomic mass is 10.0. The lowest BCUT2D eigenvalue weighted by Crippen LogP contribution is -2.44. The van der Waals surface area contributed by atoms with Crippen molar-refractivity contribution in [1.82, 2.24) is 4.31 Å². The number of carbonyl (C=O) groups is 2. The van der Waals surface area contributed by atoms with E-state index in [1.165, 1.54) is 7.11 Å². The van der Waals surface area contributed by atoms with Gasteiger partial charge in [-0.05, 0) is 12.8 Å². The van der Waals surface area contributed by atoms with E-state index in [9.17, 15) is 18.0 Å². The quantitative estimate of drug-likeness (QED) is 0.637. The van der Waals surface area contributed by atoms with Crippen LogP contribution in [0.15, 0.2) is 0 Å². The third kappa shape index (κ3) is 3.67. The SMILES string of the molecule is COC(=O)CS(=O)(=O)N1CCCC(C(=O)OC)C1. The van der Waals surface area contributed by atoms with Gasteiger partial charge in [0.25, 0.3) is 0 Å². The fraction of sp³-hybridized carbons (Fsp3) is 0.800. The monoisotopic (exact) mass is 279 g/mol. The van der Waals surface area contributed by atoms with Crippen LogP contribution in [0.1, 0.15) is 12.8 Å². The van der Waals surface area contributed by atoms with Crippen LogP contribution < -0.4 is 0 Å². The summed E-state index contributed by atoms with van der Waals surface area (Å²) in [5.74, 6) is -2.39. The first kappa shape index (κ1) is 14.9. The van der Waals surface area contributed by atoms with Gasteiger partial charge in [-0.25, -0.2) is 12.7 Å². The molecule has 1 aliphatic heterocycles. The Hall–Kier alpha value is -1.15. The predicted molar refractivity (Wildman–Crippen MR) is 62.1 cm³/mol. The average molecular weight is 279 g/mol. The molecule has 0 saturated carbocycles. The van der Waals surface area contributed by atoms with Crippen LogP contribution in [0.3, 0.4) is 0 Å². The van der Waals surface area contributed by atoms with Gasteiger partial charge in [0.05, 0.1) is 20.1 Å². The highest BCUT2D eigenvalue weighted by Crippen LogP contribution is 2.20. The molecule has 8 heteroatoms. The van der Waals surface area contributed by atoms with E-state index < -0.39 is 33.6 Å². The topological polar surface area (TPSA) is 90.0 Å². The Morgan fingerprint density at radius 1 is 1.28 bits per heavy atom. The lowest BCUT2D eigenvalue weighted by Gasteiger charge is -2.30. The summed E-state index contributed by atoms with van der Waals surface area (Å²) in [5.41, 5.74) is 0. The van der Waals surface area contributed by atoms with Crippen LogP contribution in [-0.2, 0) is 29.1 Å². The average Bonchev–Trinajstić information content (AvgIpc) is 2.37. The molecule has 18 heavy (non-hydrogen) atoms. The molecule has 1 rings (SSSR count). The van der Waals surface area contributed by atoms with Gasteiger partial charge >= 0.3 is 11.9 Å². The summed E-state index contributed by atoms with van der Waals surface area (Å²) in [7, 11) is -1.32. The Bertz CT molecular complexity index is 418. The first-order valence-electron chi connectivity index (χ1n) is 5.53. The molecule has 0 bridgehead atoms. The Labute approximate surface area is 106 Å². The third-order valence-electron chi connectivity index (χ3n) is 2.84. The highest BCUT2D eigenvalue weighted by molar-refractivity contribution is 7.89. The van der Waals surface area contributed by atoms with Crippen LogP contribution in [0.2, 0.25) is 0 Å².